The lowest BCUT2D eigenvalue weighted by atomic mass is 10.1. The van der Waals surface area contributed by atoms with Crippen molar-refractivity contribution >= 4 is 23.0 Å². The fourth-order valence-electron chi connectivity index (χ4n) is 3.44. The van der Waals surface area contributed by atoms with Crippen molar-refractivity contribution in [1.29, 1.82) is 0 Å². The van der Waals surface area contributed by atoms with Crippen molar-refractivity contribution in [2.45, 2.75) is 45.1 Å². The highest BCUT2D eigenvalue weighted by molar-refractivity contribution is 7.80. The molecule has 1 aromatic heterocycles. The number of nitrogens with zero attached hydrogens (tertiary/aromatic N) is 1. The fraction of sp³-hybridized carbons (Fsp3) is 0.476. The number of anilines is 1. The van der Waals surface area contributed by atoms with E-state index in [1.807, 2.05) is 6.07 Å². The van der Waals surface area contributed by atoms with Gasteiger partial charge >= 0.3 is 0 Å². The van der Waals surface area contributed by atoms with Crippen LogP contribution in [0.15, 0.2) is 47.1 Å². The summed E-state index contributed by atoms with van der Waals surface area (Å²) in [6.07, 6.45) is 7.85. The first kappa shape index (κ1) is 18.9. The molecule has 5 heteroatoms. The Morgan fingerprint density at radius 3 is 2.62 bits per heavy atom. The second-order valence-corrected chi connectivity index (χ2v) is 7.32. The summed E-state index contributed by atoms with van der Waals surface area (Å²) in [7, 11) is 0. The first-order chi connectivity index (χ1) is 12.8. The molecule has 0 spiro atoms. The van der Waals surface area contributed by atoms with Crippen LogP contribution >= 0.6 is 12.2 Å². The summed E-state index contributed by atoms with van der Waals surface area (Å²) in [5.74, 6) is 1.00. The van der Waals surface area contributed by atoms with Gasteiger partial charge in [0.1, 0.15) is 5.76 Å². The average molecular weight is 372 g/mol. The molecule has 0 saturated carbocycles. The van der Waals surface area contributed by atoms with Gasteiger partial charge in [0.2, 0.25) is 0 Å². The standard InChI is InChI=1S/C21H29N3OS/c1-2-3-7-17-9-11-18(12-10-17)23-21(26)22-16-19(20-8-6-15-25-20)24-13-4-5-14-24/h6,8-12,15,19H,2-5,7,13-14,16H2,1H3,(H2,22,23,26). The van der Waals surface area contributed by atoms with Crippen LogP contribution in [0.1, 0.15) is 50.0 Å². The zero-order valence-electron chi connectivity index (χ0n) is 15.5. The largest absolute Gasteiger partial charge is 0.468 e. The van der Waals surface area contributed by atoms with Gasteiger partial charge < -0.3 is 15.1 Å². The number of benzene rings is 1. The third kappa shape index (κ3) is 5.32. The summed E-state index contributed by atoms with van der Waals surface area (Å²) in [5, 5.41) is 7.31. The summed E-state index contributed by atoms with van der Waals surface area (Å²) in [6.45, 7) is 5.20. The lowest BCUT2D eigenvalue weighted by Gasteiger charge is -2.26. The third-order valence-electron chi connectivity index (χ3n) is 4.94. The number of aryl methyl sites for hydroxylation is 1. The first-order valence-electron chi connectivity index (χ1n) is 9.67. The number of likely N-dealkylation sites (tertiary alicyclic amines) is 1. The predicted molar refractivity (Wildman–Crippen MR) is 112 cm³/mol. The van der Waals surface area contributed by atoms with Gasteiger partial charge in [0, 0.05) is 12.2 Å². The monoisotopic (exact) mass is 371 g/mol. The van der Waals surface area contributed by atoms with E-state index in [-0.39, 0.29) is 6.04 Å². The van der Waals surface area contributed by atoms with E-state index in [1.54, 1.807) is 6.26 Å². The number of nitrogens with one attached hydrogen (secondary N) is 2. The number of thiocarbonyl (C=S) groups is 1. The van der Waals surface area contributed by atoms with Crippen LogP contribution in [0.25, 0.3) is 0 Å². The van der Waals surface area contributed by atoms with Gasteiger partial charge in [0.15, 0.2) is 5.11 Å². The van der Waals surface area contributed by atoms with Crippen LogP contribution in [0.4, 0.5) is 5.69 Å². The highest BCUT2D eigenvalue weighted by Crippen LogP contribution is 2.24. The number of unbranched alkanes of at least 4 members (excludes halogenated alkanes) is 1. The maximum Gasteiger partial charge on any atom is 0.170 e. The molecule has 0 aliphatic carbocycles. The van der Waals surface area contributed by atoms with Crippen molar-refractivity contribution in [2.24, 2.45) is 0 Å². The molecule has 1 atom stereocenters. The Kier molecular flexibility index (Phi) is 7.09. The summed E-state index contributed by atoms with van der Waals surface area (Å²) >= 11 is 5.49. The SMILES string of the molecule is CCCCc1ccc(NC(=S)NCC(c2ccco2)N2CCCC2)cc1. The van der Waals surface area contributed by atoms with Crippen LogP contribution < -0.4 is 10.6 Å². The summed E-state index contributed by atoms with van der Waals surface area (Å²) in [4.78, 5) is 2.47. The molecule has 1 unspecified atom stereocenters. The molecule has 2 aromatic rings. The maximum atomic E-state index is 5.66. The average Bonchev–Trinajstić information content (AvgIpc) is 3.36. The van der Waals surface area contributed by atoms with Crippen molar-refractivity contribution in [3.8, 4) is 0 Å². The van der Waals surface area contributed by atoms with E-state index in [0.29, 0.717) is 5.11 Å². The Balaban J connectivity index is 1.52. The maximum absolute atomic E-state index is 5.66. The molecule has 0 amide bonds. The topological polar surface area (TPSA) is 40.4 Å². The van der Waals surface area contributed by atoms with Gasteiger partial charge in [-0.25, -0.2) is 0 Å². The molecule has 1 aliphatic rings. The van der Waals surface area contributed by atoms with Crippen LogP contribution in [0, 0.1) is 0 Å². The Labute approximate surface area is 162 Å². The number of hydrogen-bond donors (Lipinski definition) is 2. The zero-order chi connectivity index (χ0) is 18.2. The van der Waals surface area contributed by atoms with Gasteiger partial charge in [0.25, 0.3) is 0 Å². The lowest BCUT2D eigenvalue weighted by Crippen LogP contribution is -2.38. The van der Waals surface area contributed by atoms with Crippen LogP contribution in [-0.2, 0) is 6.42 Å². The normalized spacial score (nSPS) is 15.7. The van der Waals surface area contributed by atoms with E-state index in [1.165, 1.54) is 31.2 Å². The summed E-state index contributed by atoms with van der Waals surface area (Å²) < 4.78 is 5.66. The highest BCUT2D eigenvalue weighted by atomic mass is 32.1. The molecule has 1 aliphatic heterocycles. The molecule has 140 valence electrons. The summed E-state index contributed by atoms with van der Waals surface area (Å²) in [5.41, 5.74) is 2.40. The molecule has 2 heterocycles. The van der Waals surface area contributed by atoms with Gasteiger partial charge in [-0.2, -0.15) is 0 Å². The van der Waals surface area contributed by atoms with E-state index in [0.717, 1.165) is 37.5 Å². The molecule has 1 fully saturated rings. The van der Waals surface area contributed by atoms with Gasteiger partial charge in [-0.1, -0.05) is 25.5 Å². The predicted octanol–water partition coefficient (Wildman–Crippen LogP) is 4.75. The van der Waals surface area contributed by atoms with Crippen LogP contribution in [0.3, 0.4) is 0 Å². The third-order valence-corrected chi connectivity index (χ3v) is 5.19. The number of rotatable bonds is 8. The minimum Gasteiger partial charge on any atom is -0.468 e. The Bertz CT molecular complexity index is 663. The first-order valence-corrected chi connectivity index (χ1v) is 10.1. The smallest absolute Gasteiger partial charge is 0.170 e. The van der Waals surface area contributed by atoms with Crippen LogP contribution in [-0.4, -0.2) is 29.6 Å². The van der Waals surface area contributed by atoms with Gasteiger partial charge in [-0.15, -0.1) is 0 Å². The molecular formula is C21H29N3OS. The van der Waals surface area contributed by atoms with Crippen molar-refractivity contribution in [3.05, 3.63) is 54.0 Å². The molecule has 3 rings (SSSR count). The van der Waals surface area contributed by atoms with Crippen molar-refractivity contribution in [1.82, 2.24) is 10.2 Å². The zero-order valence-corrected chi connectivity index (χ0v) is 16.4. The minimum atomic E-state index is 0.226. The number of hydrogen-bond acceptors (Lipinski definition) is 3. The van der Waals surface area contributed by atoms with E-state index in [9.17, 15) is 0 Å². The highest BCUT2D eigenvalue weighted by Gasteiger charge is 2.25. The number of furan rings is 1. The van der Waals surface area contributed by atoms with E-state index < -0.39 is 0 Å². The second kappa shape index (κ2) is 9.74. The van der Waals surface area contributed by atoms with Gasteiger partial charge in [0.05, 0.1) is 12.3 Å². The van der Waals surface area contributed by atoms with E-state index in [4.69, 9.17) is 16.6 Å². The fourth-order valence-corrected chi connectivity index (χ4v) is 3.65. The Hall–Kier alpha value is -1.85. The van der Waals surface area contributed by atoms with E-state index >= 15 is 0 Å². The molecule has 0 bridgehead atoms. The molecule has 1 aromatic carbocycles. The second-order valence-electron chi connectivity index (χ2n) is 6.91. The van der Waals surface area contributed by atoms with Gasteiger partial charge in [-0.3, -0.25) is 4.90 Å². The lowest BCUT2D eigenvalue weighted by molar-refractivity contribution is 0.216. The van der Waals surface area contributed by atoms with Crippen molar-refractivity contribution in [2.75, 3.05) is 25.0 Å². The van der Waals surface area contributed by atoms with Gasteiger partial charge in [-0.05, 0) is 80.8 Å². The van der Waals surface area contributed by atoms with Crippen molar-refractivity contribution in [3.63, 3.8) is 0 Å². The molecule has 1 saturated heterocycles. The Morgan fingerprint density at radius 1 is 1.19 bits per heavy atom. The molecule has 4 nitrogen and oxygen atoms in total. The molecular weight excluding hydrogens is 342 g/mol. The van der Waals surface area contributed by atoms with Crippen LogP contribution in [0.5, 0.6) is 0 Å². The van der Waals surface area contributed by atoms with E-state index in [2.05, 4.69) is 52.8 Å². The minimum absolute atomic E-state index is 0.226. The van der Waals surface area contributed by atoms with Crippen molar-refractivity contribution < 1.29 is 4.42 Å². The summed E-state index contributed by atoms with van der Waals surface area (Å²) in [6, 6.07) is 12.8. The Morgan fingerprint density at radius 2 is 1.96 bits per heavy atom. The molecule has 0 radical (unpaired) electrons. The van der Waals surface area contributed by atoms with Crippen LogP contribution in [0.2, 0.25) is 0 Å². The quantitative estimate of drug-likeness (QED) is 0.656. The molecule has 2 N–H and O–H groups in total. The molecule has 26 heavy (non-hydrogen) atoms.